The average Bonchev–Trinajstić information content (AvgIpc) is 2.16. The fourth-order valence-corrected chi connectivity index (χ4v) is 1.25. The molecule has 0 aliphatic heterocycles. The van der Waals surface area contributed by atoms with Crippen LogP contribution < -0.4 is 0 Å². The molecule has 1 aromatic heterocycles. The number of hydrogen-bond donors (Lipinski definition) is 1. The first kappa shape index (κ1) is 11.3. The van der Waals surface area contributed by atoms with Crippen LogP contribution in [-0.2, 0) is 12.5 Å². The molecule has 0 spiro atoms. The second-order valence-electron chi connectivity index (χ2n) is 2.55. The van der Waals surface area contributed by atoms with E-state index in [4.69, 9.17) is 16.7 Å². The van der Waals surface area contributed by atoms with Gasteiger partial charge in [0.2, 0.25) is 0 Å². The van der Waals surface area contributed by atoms with Crippen LogP contribution in [0.15, 0.2) is 6.20 Å². The highest BCUT2D eigenvalue weighted by atomic mass is 35.5. The first-order chi connectivity index (χ1) is 6.61. The second kappa shape index (κ2) is 4.61. The summed E-state index contributed by atoms with van der Waals surface area (Å²) in [5, 5.41) is 8.77. The lowest BCUT2D eigenvalue weighted by Gasteiger charge is -2.08. The van der Waals surface area contributed by atoms with Crippen LogP contribution in [0.4, 0.5) is 13.2 Å². The minimum absolute atomic E-state index is 0.0800. The summed E-state index contributed by atoms with van der Waals surface area (Å²) in [5.74, 6) is -1.26. The number of nitrogens with zero attached hydrogens (tertiary/aromatic N) is 1. The summed E-state index contributed by atoms with van der Waals surface area (Å²) < 4.78 is 37.5. The average molecular weight is 226 g/mol. The van der Waals surface area contributed by atoms with Crippen LogP contribution in [0.3, 0.4) is 0 Å². The molecule has 0 unspecified atom stereocenters. The molecule has 78 valence electrons. The number of rotatable bonds is 3. The van der Waals surface area contributed by atoms with Crippen molar-refractivity contribution in [2.24, 2.45) is 0 Å². The monoisotopic (exact) mass is 225 g/mol. The summed E-state index contributed by atoms with van der Waals surface area (Å²) in [6.45, 7) is -0.671. The van der Waals surface area contributed by atoms with Gasteiger partial charge < -0.3 is 5.11 Å². The number of hydrogen-bond acceptors (Lipinski definition) is 2. The lowest BCUT2D eigenvalue weighted by Crippen LogP contribution is -2.04. The molecule has 0 saturated carbocycles. The molecule has 1 N–H and O–H groups in total. The highest BCUT2D eigenvalue weighted by Gasteiger charge is 2.20. The maximum atomic E-state index is 13.2. The van der Waals surface area contributed by atoms with Crippen molar-refractivity contribution >= 4 is 11.6 Å². The van der Waals surface area contributed by atoms with Gasteiger partial charge in [-0.2, -0.15) is 0 Å². The van der Waals surface area contributed by atoms with Gasteiger partial charge in [0.05, 0.1) is 6.61 Å². The lowest BCUT2D eigenvalue weighted by atomic mass is 10.1. The normalized spacial score (nSPS) is 11.0. The van der Waals surface area contributed by atoms with E-state index in [-0.39, 0.29) is 17.0 Å². The molecule has 6 heteroatoms. The van der Waals surface area contributed by atoms with Crippen molar-refractivity contribution in [1.29, 1.82) is 0 Å². The van der Waals surface area contributed by atoms with Crippen molar-refractivity contribution in [3.63, 3.8) is 0 Å². The zero-order valence-corrected chi connectivity index (χ0v) is 7.73. The standard InChI is InChI=1S/C8H7ClF3NO/c9-1-4-2-13-7(8(11)12)6(10)5(4)3-14/h2,8,14H,1,3H2. The van der Waals surface area contributed by atoms with E-state index in [1.807, 2.05) is 0 Å². The van der Waals surface area contributed by atoms with Gasteiger partial charge in [0.1, 0.15) is 5.69 Å². The maximum Gasteiger partial charge on any atom is 0.283 e. The van der Waals surface area contributed by atoms with E-state index in [2.05, 4.69) is 4.98 Å². The Balaban J connectivity index is 3.27. The Hall–Kier alpha value is -0.810. The van der Waals surface area contributed by atoms with Crippen molar-refractivity contribution in [3.05, 3.63) is 28.8 Å². The van der Waals surface area contributed by atoms with Gasteiger partial charge in [-0.1, -0.05) is 0 Å². The highest BCUT2D eigenvalue weighted by Crippen LogP contribution is 2.24. The van der Waals surface area contributed by atoms with Crippen LogP contribution in [0.25, 0.3) is 0 Å². The van der Waals surface area contributed by atoms with Crippen LogP contribution >= 0.6 is 11.6 Å². The van der Waals surface area contributed by atoms with E-state index in [0.29, 0.717) is 0 Å². The summed E-state index contributed by atoms with van der Waals surface area (Å²) in [4.78, 5) is 3.24. The fourth-order valence-electron chi connectivity index (χ4n) is 1.02. The van der Waals surface area contributed by atoms with Crippen molar-refractivity contribution in [2.45, 2.75) is 18.9 Å². The number of aromatic nitrogens is 1. The molecular formula is C8H7ClF3NO. The second-order valence-corrected chi connectivity index (χ2v) is 2.82. The number of aliphatic hydroxyl groups excluding tert-OH is 1. The lowest BCUT2D eigenvalue weighted by molar-refractivity contribution is 0.139. The summed E-state index contributed by atoms with van der Waals surface area (Å²) in [6.07, 6.45) is -1.95. The zero-order chi connectivity index (χ0) is 10.7. The molecular weight excluding hydrogens is 219 g/mol. The van der Waals surface area contributed by atoms with Gasteiger partial charge in [0.25, 0.3) is 6.43 Å². The Labute approximate surface area is 83.3 Å². The first-order valence-corrected chi connectivity index (χ1v) is 4.26. The van der Waals surface area contributed by atoms with Crippen molar-refractivity contribution in [2.75, 3.05) is 0 Å². The fraction of sp³-hybridized carbons (Fsp3) is 0.375. The Kier molecular flexibility index (Phi) is 3.71. The van der Waals surface area contributed by atoms with Gasteiger partial charge in [0.15, 0.2) is 5.82 Å². The van der Waals surface area contributed by atoms with Gasteiger partial charge in [-0.3, -0.25) is 4.98 Å². The van der Waals surface area contributed by atoms with Gasteiger partial charge in [-0.25, -0.2) is 13.2 Å². The summed E-state index contributed by atoms with van der Waals surface area (Å²) in [5.41, 5.74) is -0.954. The third-order valence-corrected chi connectivity index (χ3v) is 2.03. The molecule has 2 nitrogen and oxygen atoms in total. The largest absolute Gasteiger partial charge is 0.392 e. The highest BCUT2D eigenvalue weighted by molar-refractivity contribution is 6.17. The van der Waals surface area contributed by atoms with E-state index in [9.17, 15) is 13.2 Å². The summed E-state index contributed by atoms with van der Waals surface area (Å²) in [6, 6.07) is 0. The molecule has 1 heterocycles. The van der Waals surface area contributed by atoms with Gasteiger partial charge in [-0.15, -0.1) is 11.6 Å². The number of pyridine rings is 1. The quantitative estimate of drug-likeness (QED) is 0.802. The van der Waals surface area contributed by atoms with Gasteiger partial charge >= 0.3 is 0 Å². The molecule has 14 heavy (non-hydrogen) atoms. The van der Waals surface area contributed by atoms with E-state index in [0.717, 1.165) is 6.20 Å². The van der Waals surface area contributed by atoms with Crippen LogP contribution in [0.2, 0.25) is 0 Å². The molecule has 0 radical (unpaired) electrons. The summed E-state index contributed by atoms with van der Waals surface area (Å²) >= 11 is 5.41. The van der Waals surface area contributed by atoms with Crippen LogP contribution in [0.1, 0.15) is 23.2 Å². The third kappa shape index (κ3) is 1.99. The van der Waals surface area contributed by atoms with E-state index in [1.165, 1.54) is 0 Å². The Morgan fingerprint density at radius 3 is 2.57 bits per heavy atom. The van der Waals surface area contributed by atoms with E-state index < -0.39 is 24.5 Å². The number of aliphatic hydroxyl groups is 1. The number of alkyl halides is 3. The SMILES string of the molecule is OCc1c(CCl)cnc(C(F)F)c1F. The topological polar surface area (TPSA) is 33.1 Å². The zero-order valence-electron chi connectivity index (χ0n) is 6.98. The Morgan fingerprint density at radius 2 is 2.14 bits per heavy atom. The molecule has 0 amide bonds. The van der Waals surface area contributed by atoms with Crippen LogP contribution in [-0.4, -0.2) is 10.1 Å². The molecule has 0 fully saturated rings. The Bertz CT molecular complexity index is 333. The van der Waals surface area contributed by atoms with E-state index >= 15 is 0 Å². The smallest absolute Gasteiger partial charge is 0.283 e. The van der Waals surface area contributed by atoms with Gasteiger partial charge in [-0.05, 0) is 5.56 Å². The van der Waals surface area contributed by atoms with Crippen molar-refractivity contribution in [3.8, 4) is 0 Å². The van der Waals surface area contributed by atoms with Crippen LogP contribution in [0, 0.1) is 5.82 Å². The molecule has 1 rings (SSSR count). The Morgan fingerprint density at radius 1 is 1.50 bits per heavy atom. The summed E-state index contributed by atoms with van der Waals surface area (Å²) in [7, 11) is 0. The molecule has 0 aliphatic carbocycles. The molecule has 0 saturated heterocycles. The number of halogens is 4. The molecule has 0 aliphatic rings. The van der Waals surface area contributed by atoms with Gasteiger partial charge in [0, 0.05) is 17.6 Å². The molecule has 0 aromatic carbocycles. The minimum Gasteiger partial charge on any atom is -0.392 e. The molecule has 0 bridgehead atoms. The van der Waals surface area contributed by atoms with Crippen molar-refractivity contribution < 1.29 is 18.3 Å². The van der Waals surface area contributed by atoms with Crippen molar-refractivity contribution in [1.82, 2.24) is 4.98 Å². The predicted molar refractivity (Wildman–Crippen MR) is 44.6 cm³/mol. The molecule has 0 atom stereocenters. The maximum absolute atomic E-state index is 13.2. The van der Waals surface area contributed by atoms with Crippen LogP contribution in [0.5, 0.6) is 0 Å². The predicted octanol–water partition coefficient (Wildman–Crippen LogP) is 2.39. The minimum atomic E-state index is -3.00. The molecule has 1 aromatic rings. The van der Waals surface area contributed by atoms with E-state index in [1.54, 1.807) is 0 Å². The third-order valence-electron chi connectivity index (χ3n) is 1.75. The first-order valence-electron chi connectivity index (χ1n) is 3.73.